The van der Waals surface area contributed by atoms with Crippen LogP contribution in [0.1, 0.15) is 45.4 Å². The van der Waals surface area contributed by atoms with Gasteiger partial charge in [0, 0.05) is 38.6 Å². The molecule has 4 heterocycles. The van der Waals surface area contributed by atoms with Crippen LogP contribution in [0.5, 0.6) is 0 Å². The molecule has 0 saturated carbocycles. The Hall–Kier alpha value is -2.44. The van der Waals surface area contributed by atoms with Crippen molar-refractivity contribution in [3.05, 3.63) is 18.5 Å². The highest BCUT2D eigenvalue weighted by molar-refractivity contribution is 5.89. The van der Waals surface area contributed by atoms with E-state index >= 15 is 0 Å². The fraction of sp³-hybridized carbons (Fsp3) is 0.619. The monoisotopic (exact) mass is 383 g/mol. The van der Waals surface area contributed by atoms with Crippen LogP contribution in [0.4, 0.5) is 11.8 Å². The molecule has 2 fully saturated rings. The summed E-state index contributed by atoms with van der Waals surface area (Å²) in [5, 5.41) is 0.982. The Morgan fingerprint density at radius 3 is 2.54 bits per heavy atom. The standard InChI is InChI=1S/C21H29N5O2/c1-2-28-20(27)16-8-13-25(14-9-16)19-17-15-23-21(24-18(17)7-10-22-19)26-11-5-3-4-6-12-26/h7,10,15-16H,2-6,8-9,11-14H2,1H3. The second-order valence-corrected chi connectivity index (χ2v) is 7.65. The van der Waals surface area contributed by atoms with E-state index in [4.69, 9.17) is 9.72 Å². The van der Waals surface area contributed by atoms with Gasteiger partial charge in [0.2, 0.25) is 5.95 Å². The van der Waals surface area contributed by atoms with Crippen molar-refractivity contribution in [2.75, 3.05) is 42.6 Å². The number of esters is 1. The number of ether oxygens (including phenoxy) is 1. The van der Waals surface area contributed by atoms with Crippen molar-refractivity contribution < 1.29 is 9.53 Å². The summed E-state index contributed by atoms with van der Waals surface area (Å²) in [6.07, 6.45) is 10.3. The van der Waals surface area contributed by atoms with Crippen LogP contribution in [0.15, 0.2) is 18.5 Å². The molecule has 7 nitrogen and oxygen atoms in total. The molecule has 0 N–H and O–H groups in total. The molecule has 4 rings (SSSR count). The van der Waals surface area contributed by atoms with Crippen molar-refractivity contribution in [2.24, 2.45) is 5.92 Å². The van der Waals surface area contributed by atoms with E-state index < -0.39 is 0 Å². The second-order valence-electron chi connectivity index (χ2n) is 7.65. The van der Waals surface area contributed by atoms with Crippen LogP contribution in [0, 0.1) is 5.92 Å². The van der Waals surface area contributed by atoms with E-state index in [1.165, 1.54) is 25.7 Å². The molecular weight excluding hydrogens is 354 g/mol. The van der Waals surface area contributed by atoms with Gasteiger partial charge in [-0.25, -0.2) is 15.0 Å². The third-order valence-electron chi connectivity index (χ3n) is 5.78. The smallest absolute Gasteiger partial charge is 0.309 e. The fourth-order valence-electron chi connectivity index (χ4n) is 4.19. The Morgan fingerprint density at radius 2 is 1.82 bits per heavy atom. The van der Waals surface area contributed by atoms with Gasteiger partial charge in [0.15, 0.2) is 0 Å². The third-order valence-corrected chi connectivity index (χ3v) is 5.78. The maximum absolute atomic E-state index is 12.0. The zero-order valence-electron chi connectivity index (χ0n) is 16.6. The topological polar surface area (TPSA) is 71.5 Å². The van der Waals surface area contributed by atoms with Crippen LogP contribution in [0.25, 0.3) is 10.9 Å². The minimum atomic E-state index is -0.0709. The number of aromatic nitrogens is 3. The molecular formula is C21H29N5O2. The Bertz CT molecular complexity index is 812. The van der Waals surface area contributed by atoms with E-state index in [0.717, 1.165) is 61.7 Å². The zero-order chi connectivity index (χ0) is 19.3. The van der Waals surface area contributed by atoms with Crippen molar-refractivity contribution in [3.8, 4) is 0 Å². The lowest BCUT2D eigenvalue weighted by molar-refractivity contribution is -0.148. The zero-order valence-corrected chi connectivity index (χ0v) is 16.6. The molecule has 0 atom stereocenters. The molecule has 0 radical (unpaired) electrons. The third kappa shape index (κ3) is 4.03. The Labute approximate surface area is 166 Å². The fourth-order valence-corrected chi connectivity index (χ4v) is 4.19. The molecule has 2 aromatic rings. The minimum Gasteiger partial charge on any atom is -0.466 e. The second kappa shape index (κ2) is 8.71. The molecule has 2 saturated heterocycles. The highest BCUT2D eigenvalue weighted by Crippen LogP contribution is 2.29. The summed E-state index contributed by atoms with van der Waals surface area (Å²) in [6.45, 7) is 5.95. The molecule has 0 unspecified atom stereocenters. The summed E-state index contributed by atoms with van der Waals surface area (Å²) < 4.78 is 5.17. The molecule has 2 aliphatic rings. The largest absolute Gasteiger partial charge is 0.466 e. The number of carbonyl (C=O) groups excluding carboxylic acids is 1. The van der Waals surface area contributed by atoms with Gasteiger partial charge >= 0.3 is 5.97 Å². The molecule has 2 aliphatic heterocycles. The Balaban J connectivity index is 1.51. The van der Waals surface area contributed by atoms with Crippen LogP contribution in [0.2, 0.25) is 0 Å². The molecule has 28 heavy (non-hydrogen) atoms. The minimum absolute atomic E-state index is 0.00272. The number of carbonyl (C=O) groups is 1. The van der Waals surface area contributed by atoms with Gasteiger partial charge in [0.05, 0.1) is 23.4 Å². The first kappa shape index (κ1) is 18.9. The quantitative estimate of drug-likeness (QED) is 0.751. The van der Waals surface area contributed by atoms with Crippen molar-refractivity contribution >= 4 is 28.6 Å². The summed E-state index contributed by atoms with van der Waals surface area (Å²) in [4.78, 5) is 30.6. The lowest BCUT2D eigenvalue weighted by Gasteiger charge is -2.32. The first-order valence-corrected chi connectivity index (χ1v) is 10.5. The lowest BCUT2D eigenvalue weighted by atomic mass is 9.97. The van der Waals surface area contributed by atoms with Gasteiger partial charge in [-0.15, -0.1) is 0 Å². The molecule has 0 bridgehead atoms. The van der Waals surface area contributed by atoms with E-state index in [9.17, 15) is 4.79 Å². The van der Waals surface area contributed by atoms with E-state index in [2.05, 4.69) is 19.8 Å². The van der Waals surface area contributed by atoms with E-state index in [1.54, 1.807) is 0 Å². The summed E-state index contributed by atoms with van der Waals surface area (Å²) in [5.41, 5.74) is 0.937. The van der Waals surface area contributed by atoms with Gasteiger partial charge in [0.25, 0.3) is 0 Å². The van der Waals surface area contributed by atoms with E-state index in [1.807, 2.05) is 25.4 Å². The molecule has 0 spiro atoms. The molecule has 150 valence electrons. The molecule has 0 amide bonds. The predicted molar refractivity (Wildman–Crippen MR) is 110 cm³/mol. The Kier molecular flexibility index (Phi) is 5.88. The highest BCUT2D eigenvalue weighted by Gasteiger charge is 2.27. The number of anilines is 2. The number of piperidine rings is 1. The number of rotatable bonds is 4. The average molecular weight is 383 g/mol. The Morgan fingerprint density at radius 1 is 1.07 bits per heavy atom. The summed E-state index contributed by atoms with van der Waals surface area (Å²) in [5.74, 6) is 1.67. The van der Waals surface area contributed by atoms with Crippen molar-refractivity contribution in [2.45, 2.75) is 45.4 Å². The van der Waals surface area contributed by atoms with Crippen LogP contribution in [-0.2, 0) is 9.53 Å². The van der Waals surface area contributed by atoms with Crippen molar-refractivity contribution in [1.82, 2.24) is 15.0 Å². The molecule has 2 aromatic heterocycles. The first-order chi connectivity index (χ1) is 13.8. The van der Waals surface area contributed by atoms with Crippen LogP contribution >= 0.6 is 0 Å². The van der Waals surface area contributed by atoms with Crippen molar-refractivity contribution in [3.63, 3.8) is 0 Å². The first-order valence-electron chi connectivity index (χ1n) is 10.5. The molecule has 0 aromatic carbocycles. The number of fused-ring (bicyclic) bond motifs is 1. The highest BCUT2D eigenvalue weighted by atomic mass is 16.5. The van der Waals surface area contributed by atoms with Gasteiger partial charge < -0.3 is 14.5 Å². The summed E-state index contributed by atoms with van der Waals surface area (Å²) in [6, 6.07) is 1.97. The van der Waals surface area contributed by atoms with Gasteiger partial charge in [0.1, 0.15) is 5.82 Å². The SMILES string of the molecule is CCOC(=O)C1CCN(c2nccc3nc(N4CCCCCC4)ncc23)CC1. The molecule has 0 aliphatic carbocycles. The number of pyridine rings is 1. The van der Waals surface area contributed by atoms with Gasteiger partial charge in [-0.2, -0.15) is 0 Å². The average Bonchev–Trinajstić information content (AvgIpc) is 3.03. The van der Waals surface area contributed by atoms with Crippen molar-refractivity contribution in [1.29, 1.82) is 0 Å². The predicted octanol–water partition coefficient (Wildman–Crippen LogP) is 3.18. The normalized spacial score (nSPS) is 18.9. The summed E-state index contributed by atoms with van der Waals surface area (Å²) in [7, 11) is 0. The van der Waals surface area contributed by atoms with Crippen LogP contribution in [0.3, 0.4) is 0 Å². The van der Waals surface area contributed by atoms with Gasteiger partial charge in [-0.1, -0.05) is 12.8 Å². The maximum Gasteiger partial charge on any atom is 0.309 e. The number of hydrogen-bond donors (Lipinski definition) is 0. The van der Waals surface area contributed by atoms with E-state index in [-0.39, 0.29) is 11.9 Å². The number of nitrogens with zero attached hydrogens (tertiary/aromatic N) is 5. The van der Waals surface area contributed by atoms with Crippen LogP contribution in [-0.4, -0.2) is 53.7 Å². The maximum atomic E-state index is 12.0. The summed E-state index contributed by atoms with van der Waals surface area (Å²) >= 11 is 0. The number of hydrogen-bond acceptors (Lipinski definition) is 7. The van der Waals surface area contributed by atoms with Gasteiger partial charge in [-0.3, -0.25) is 4.79 Å². The van der Waals surface area contributed by atoms with Gasteiger partial charge in [-0.05, 0) is 38.7 Å². The molecule has 7 heteroatoms. The van der Waals surface area contributed by atoms with E-state index in [0.29, 0.717) is 6.61 Å². The lowest BCUT2D eigenvalue weighted by Crippen LogP contribution is -2.37. The van der Waals surface area contributed by atoms with Crippen LogP contribution < -0.4 is 9.80 Å².